The standard InChI is InChI=1S/C11H9Cl3O3/c12-11(13,14)8-3-1-7(2-4-8)9(15)5-6-10(16)17/h1-4H,5-6H2,(H,16,17). The van der Waals surface area contributed by atoms with Gasteiger partial charge < -0.3 is 5.11 Å². The molecule has 6 heteroatoms. The molecule has 1 N–H and O–H groups in total. The number of rotatable bonds is 4. The molecule has 17 heavy (non-hydrogen) atoms. The van der Waals surface area contributed by atoms with Gasteiger partial charge in [0, 0.05) is 17.5 Å². The Morgan fingerprint density at radius 1 is 1.06 bits per heavy atom. The SMILES string of the molecule is O=C(O)CCC(=O)c1ccc(C(Cl)(Cl)Cl)cc1. The first-order chi connectivity index (χ1) is 7.80. The van der Waals surface area contributed by atoms with Crippen LogP contribution >= 0.6 is 34.8 Å². The molecule has 0 saturated carbocycles. The highest BCUT2D eigenvalue weighted by atomic mass is 35.6. The molecule has 0 spiro atoms. The third kappa shape index (κ3) is 4.54. The fraction of sp³-hybridized carbons (Fsp3) is 0.273. The number of hydrogen-bond acceptors (Lipinski definition) is 2. The molecule has 1 rings (SSSR count). The summed E-state index contributed by atoms with van der Waals surface area (Å²) in [5.41, 5.74) is 0.863. The van der Waals surface area contributed by atoms with Crippen LogP contribution in [0.3, 0.4) is 0 Å². The Kier molecular flexibility index (Phi) is 4.80. The van der Waals surface area contributed by atoms with Crippen LogP contribution in [0.5, 0.6) is 0 Å². The molecule has 0 amide bonds. The Morgan fingerprint density at radius 3 is 2.00 bits per heavy atom. The monoisotopic (exact) mass is 294 g/mol. The maximum Gasteiger partial charge on any atom is 0.303 e. The second kappa shape index (κ2) is 5.71. The van der Waals surface area contributed by atoms with Crippen LogP contribution in [0.2, 0.25) is 0 Å². The average Bonchev–Trinajstić information content (AvgIpc) is 2.25. The van der Waals surface area contributed by atoms with Crippen molar-refractivity contribution in [2.45, 2.75) is 16.6 Å². The molecule has 0 aliphatic carbocycles. The summed E-state index contributed by atoms with van der Waals surface area (Å²) in [6.07, 6.45) is -0.229. The highest BCUT2D eigenvalue weighted by molar-refractivity contribution is 6.66. The van der Waals surface area contributed by atoms with E-state index in [1.54, 1.807) is 0 Å². The van der Waals surface area contributed by atoms with Gasteiger partial charge in [0.15, 0.2) is 5.78 Å². The van der Waals surface area contributed by atoms with E-state index in [-0.39, 0.29) is 18.6 Å². The van der Waals surface area contributed by atoms with Gasteiger partial charge in [0.2, 0.25) is 3.79 Å². The van der Waals surface area contributed by atoms with Crippen molar-refractivity contribution in [3.63, 3.8) is 0 Å². The first-order valence-corrected chi connectivity index (χ1v) is 5.86. The van der Waals surface area contributed by atoms with Crippen molar-refractivity contribution in [1.29, 1.82) is 0 Å². The molecule has 0 bridgehead atoms. The molecule has 0 atom stereocenters. The van der Waals surface area contributed by atoms with Crippen molar-refractivity contribution in [3.8, 4) is 0 Å². The van der Waals surface area contributed by atoms with Crippen molar-refractivity contribution in [3.05, 3.63) is 35.4 Å². The van der Waals surface area contributed by atoms with E-state index >= 15 is 0 Å². The van der Waals surface area contributed by atoms with Crippen LogP contribution in [0.25, 0.3) is 0 Å². The van der Waals surface area contributed by atoms with Crippen molar-refractivity contribution in [2.24, 2.45) is 0 Å². The number of benzene rings is 1. The van der Waals surface area contributed by atoms with Gasteiger partial charge >= 0.3 is 5.97 Å². The summed E-state index contributed by atoms with van der Waals surface area (Å²) in [5.74, 6) is -1.25. The number of carboxylic acid groups (broad SMARTS) is 1. The molecule has 0 aliphatic rings. The van der Waals surface area contributed by atoms with Crippen molar-refractivity contribution < 1.29 is 14.7 Å². The molecular formula is C11H9Cl3O3. The zero-order chi connectivity index (χ0) is 13.1. The molecule has 1 aromatic carbocycles. The minimum absolute atomic E-state index is 0.0392. The Morgan fingerprint density at radius 2 is 1.59 bits per heavy atom. The molecule has 0 radical (unpaired) electrons. The van der Waals surface area contributed by atoms with Gasteiger partial charge in [-0.1, -0.05) is 59.1 Å². The van der Waals surface area contributed by atoms with Gasteiger partial charge in [-0.25, -0.2) is 0 Å². The molecule has 0 saturated heterocycles. The van der Waals surface area contributed by atoms with Gasteiger partial charge in [0.1, 0.15) is 0 Å². The molecule has 0 aromatic heterocycles. The summed E-state index contributed by atoms with van der Waals surface area (Å²) in [4.78, 5) is 21.9. The van der Waals surface area contributed by atoms with Crippen LogP contribution in [-0.4, -0.2) is 16.9 Å². The van der Waals surface area contributed by atoms with E-state index in [4.69, 9.17) is 39.9 Å². The third-order valence-corrected chi connectivity index (χ3v) is 2.75. The highest BCUT2D eigenvalue weighted by Gasteiger charge is 2.22. The Balaban J connectivity index is 2.74. The lowest BCUT2D eigenvalue weighted by Crippen LogP contribution is -2.05. The fourth-order valence-corrected chi connectivity index (χ4v) is 1.59. The third-order valence-electron chi connectivity index (χ3n) is 2.10. The second-order valence-electron chi connectivity index (χ2n) is 3.39. The molecule has 92 valence electrons. The zero-order valence-corrected chi connectivity index (χ0v) is 10.9. The largest absolute Gasteiger partial charge is 0.481 e. The van der Waals surface area contributed by atoms with E-state index in [1.807, 2.05) is 0 Å². The van der Waals surface area contributed by atoms with Crippen molar-refractivity contribution in [2.75, 3.05) is 0 Å². The van der Waals surface area contributed by atoms with Crippen LogP contribution in [0.1, 0.15) is 28.8 Å². The number of alkyl halides is 3. The summed E-state index contributed by atoms with van der Waals surface area (Å²) in [6.45, 7) is 0. The van der Waals surface area contributed by atoms with Gasteiger partial charge in [-0.2, -0.15) is 0 Å². The van der Waals surface area contributed by atoms with Crippen LogP contribution in [0, 0.1) is 0 Å². The lowest BCUT2D eigenvalue weighted by atomic mass is 10.1. The second-order valence-corrected chi connectivity index (χ2v) is 5.67. The topological polar surface area (TPSA) is 54.4 Å². The van der Waals surface area contributed by atoms with Gasteiger partial charge in [-0.05, 0) is 0 Å². The number of Topliss-reactive ketones (excluding diaryl/α,β-unsaturated/α-hetero) is 1. The Bertz CT molecular complexity index is 421. The van der Waals surface area contributed by atoms with Crippen molar-refractivity contribution >= 4 is 46.6 Å². The molecule has 3 nitrogen and oxygen atoms in total. The van der Waals surface area contributed by atoms with Crippen LogP contribution in [0.4, 0.5) is 0 Å². The molecule has 0 unspecified atom stereocenters. The molecular weight excluding hydrogens is 286 g/mol. The quantitative estimate of drug-likeness (QED) is 0.682. The van der Waals surface area contributed by atoms with E-state index in [1.165, 1.54) is 24.3 Å². The Labute approximate surface area is 113 Å². The molecule has 0 fully saturated rings. The van der Waals surface area contributed by atoms with Gasteiger partial charge in [-0.15, -0.1) is 0 Å². The minimum atomic E-state index is -1.53. The summed E-state index contributed by atoms with van der Waals surface area (Å²) < 4.78 is -1.53. The van der Waals surface area contributed by atoms with Gasteiger partial charge in [-0.3, -0.25) is 9.59 Å². The summed E-state index contributed by atoms with van der Waals surface area (Å²) in [6, 6.07) is 6.09. The Hall–Kier alpha value is -0.770. The maximum absolute atomic E-state index is 11.5. The van der Waals surface area contributed by atoms with Crippen molar-refractivity contribution in [1.82, 2.24) is 0 Å². The van der Waals surface area contributed by atoms with E-state index < -0.39 is 9.76 Å². The first-order valence-electron chi connectivity index (χ1n) is 4.73. The van der Waals surface area contributed by atoms with Crippen LogP contribution in [-0.2, 0) is 8.59 Å². The number of carboxylic acids is 1. The number of carbonyl (C=O) groups excluding carboxylic acids is 1. The lowest BCUT2D eigenvalue weighted by Gasteiger charge is -2.11. The van der Waals surface area contributed by atoms with Gasteiger partial charge in [0.25, 0.3) is 0 Å². The van der Waals surface area contributed by atoms with E-state index in [2.05, 4.69) is 0 Å². The fourth-order valence-electron chi connectivity index (χ4n) is 1.21. The number of hydrogen-bond donors (Lipinski definition) is 1. The smallest absolute Gasteiger partial charge is 0.303 e. The summed E-state index contributed by atoms with van der Waals surface area (Å²) >= 11 is 17.0. The van der Waals surface area contributed by atoms with Gasteiger partial charge in [0.05, 0.1) is 6.42 Å². The zero-order valence-electron chi connectivity index (χ0n) is 8.62. The number of aliphatic carboxylic acids is 1. The van der Waals surface area contributed by atoms with Crippen LogP contribution in [0.15, 0.2) is 24.3 Å². The average molecular weight is 296 g/mol. The van der Waals surface area contributed by atoms with E-state index in [0.29, 0.717) is 11.1 Å². The van der Waals surface area contributed by atoms with Crippen LogP contribution < -0.4 is 0 Å². The molecule has 0 aliphatic heterocycles. The number of ketones is 1. The number of halogens is 3. The summed E-state index contributed by atoms with van der Waals surface area (Å²) in [5, 5.41) is 8.46. The van der Waals surface area contributed by atoms with E-state index in [0.717, 1.165) is 0 Å². The minimum Gasteiger partial charge on any atom is -0.481 e. The predicted molar refractivity (Wildman–Crippen MR) is 66.9 cm³/mol. The molecule has 0 heterocycles. The molecule has 1 aromatic rings. The predicted octanol–water partition coefficient (Wildman–Crippen LogP) is 3.56. The summed E-state index contributed by atoms with van der Waals surface area (Å²) in [7, 11) is 0. The first kappa shape index (κ1) is 14.3. The maximum atomic E-state index is 11.5. The van der Waals surface area contributed by atoms with E-state index in [9.17, 15) is 9.59 Å². The highest BCUT2D eigenvalue weighted by Crippen LogP contribution is 2.38. The lowest BCUT2D eigenvalue weighted by molar-refractivity contribution is -0.136. The normalized spacial score (nSPS) is 11.2. The number of carbonyl (C=O) groups is 2.